The van der Waals surface area contributed by atoms with Crippen molar-refractivity contribution in [2.75, 3.05) is 13.1 Å². The minimum atomic E-state index is -0.439. The van der Waals surface area contributed by atoms with E-state index in [0.717, 1.165) is 16.7 Å². The molecule has 3 amide bonds. The van der Waals surface area contributed by atoms with Crippen LogP contribution in [0.15, 0.2) is 83.8 Å². The molecule has 1 saturated heterocycles. The molecule has 3 aromatic carbocycles. The van der Waals surface area contributed by atoms with Crippen molar-refractivity contribution in [1.29, 1.82) is 0 Å². The Morgan fingerprint density at radius 1 is 0.939 bits per heavy atom. The minimum absolute atomic E-state index is 0.0480. The molecule has 33 heavy (non-hydrogen) atoms. The quantitative estimate of drug-likeness (QED) is 0.496. The minimum Gasteiger partial charge on any atom is -0.457 e. The maximum atomic E-state index is 13.0. The zero-order chi connectivity index (χ0) is 23.2. The Labute approximate surface area is 194 Å². The number of nitrogens with zero attached hydrogens (tertiary/aromatic N) is 1. The number of rotatable bonds is 7. The second-order valence-corrected chi connectivity index (χ2v) is 8.07. The number of carbonyl (C=O) groups is 3. The molecular formula is C25H19FN2O4S. The molecule has 0 atom stereocenters. The van der Waals surface area contributed by atoms with Crippen LogP contribution in [0.2, 0.25) is 0 Å². The molecule has 1 N–H and O–H groups in total. The van der Waals surface area contributed by atoms with Crippen LogP contribution in [0.25, 0.3) is 6.08 Å². The SMILES string of the molecule is O=C(NCCN1C(=O)SC(=Cc2ccc(F)cc2)C1=O)c1ccc(Oc2ccccc2)cc1. The summed E-state index contributed by atoms with van der Waals surface area (Å²) in [5.74, 6) is 0.152. The van der Waals surface area contributed by atoms with E-state index in [9.17, 15) is 18.8 Å². The zero-order valence-corrected chi connectivity index (χ0v) is 18.2. The van der Waals surface area contributed by atoms with E-state index in [0.29, 0.717) is 22.6 Å². The van der Waals surface area contributed by atoms with Crippen molar-refractivity contribution in [2.45, 2.75) is 0 Å². The van der Waals surface area contributed by atoms with Gasteiger partial charge in [-0.1, -0.05) is 30.3 Å². The lowest BCUT2D eigenvalue weighted by Crippen LogP contribution is -2.37. The number of halogens is 1. The van der Waals surface area contributed by atoms with Gasteiger partial charge in [0.05, 0.1) is 4.91 Å². The predicted octanol–water partition coefficient (Wildman–Crippen LogP) is 5.08. The molecule has 1 aliphatic rings. The average Bonchev–Trinajstić information content (AvgIpc) is 3.09. The first kappa shape index (κ1) is 22.3. The number of imide groups is 1. The third-order valence-corrected chi connectivity index (χ3v) is 5.67. The lowest BCUT2D eigenvalue weighted by molar-refractivity contribution is -0.122. The first-order valence-electron chi connectivity index (χ1n) is 10.1. The normalized spacial score (nSPS) is 14.6. The summed E-state index contributed by atoms with van der Waals surface area (Å²) in [5.41, 5.74) is 1.05. The third-order valence-electron chi connectivity index (χ3n) is 4.76. The van der Waals surface area contributed by atoms with Gasteiger partial charge in [0.15, 0.2) is 0 Å². The molecule has 0 aromatic heterocycles. The Morgan fingerprint density at radius 3 is 2.30 bits per heavy atom. The van der Waals surface area contributed by atoms with Gasteiger partial charge < -0.3 is 10.1 Å². The number of benzene rings is 3. The van der Waals surface area contributed by atoms with E-state index >= 15 is 0 Å². The molecule has 0 bridgehead atoms. The van der Waals surface area contributed by atoms with Gasteiger partial charge >= 0.3 is 0 Å². The molecule has 0 saturated carbocycles. The van der Waals surface area contributed by atoms with Crippen LogP contribution in [0.3, 0.4) is 0 Å². The van der Waals surface area contributed by atoms with Crippen LogP contribution in [-0.4, -0.2) is 35.0 Å². The smallest absolute Gasteiger partial charge is 0.293 e. The van der Waals surface area contributed by atoms with Gasteiger partial charge in [-0.25, -0.2) is 4.39 Å². The van der Waals surface area contributed by atoms with E-state index < -0.39 is 11.1 Å². The molecule has 1 fully saturated rings. The number of para-hydroxylation sites is 1. The summed E-state index contributed by atoms with van der Waals surface area (Å²) in [7, 11) is 0. The van der Waals surface area contributed by atoms with E-state index in [1.54, 1.807) is 30.3 Å². The molecule has 1 aliphatic heterocycles. The molecule has 0 unspecified atom stereocenters. The second kappa shape index (κ2) is 10.1. The fraction of sp³-hybridized carbons (Fsp3) is 0.0800. The van der Waals surface area contributed by atoms with E-state index in [-0.39, 0.29) is 29.7 Å². The number of nitrogens with one attached hydrogen (secondary N) is 1. The van der Waals surface area contributed by atoms with Crippen LogP contribution in [-0.2, 0) is 4.79 Å². The van der Waals surface area contributed by atoms with Gasteiger partial charge in [0.1, 0.15) is 17.3 Å². The van der Waals surface area contributed by atoms with Crippen molar-refractivity contribution in [3.8, 4) is 11.5 Å². The van der Waals surface area contributed by atoms with Crippen molar-refractivity contribution >= 4 is 34.9 Å². The van der Waals surface area contributed by atoms with Gasteiger partial charge in [-0.15, -0.1) is 0 Å². The van der Waals surface area contributed by atoms with Crippen molar-refractivity contribution in [2.24, 2.45) is 0 Å². The van der Waals surface area contributed by atoms with Crippen LogP contribution in [0.1, 0.15) is 15.9 Å². The van der Waals surface area contributed by atoms with Gasteiger partial charge in [-0.2, -0.15) is 0 Å². The molecule has 0 radical (unpaired) electrons. The number of thioether (sulfide) groups is 1. The van der Waals surface area contributed by atoms with E-state index in [2.05, 4.69) is 5.32 Å². The Hall–Kier alpha value is -3.91. The lowest BCUT2D eigenvalue weighted by atomic mass is 10.2. The van der Waals surface area contributed by atoms with E-state index in [4.69, 9.17) is 4.74 Å². The number of hydrogen-bond donors (Lipinski definition) is 1. The molecule has 0 spiro atoms. The highest BCUT2D eigenvalue weighted by molar-refractivity contribution is 8.18. The molecule has 0 aliphatic carbocycles. The van der Waals surface area contributed by atoms with Gasteiger partial charge in [0.2, 0.25) is 0 Å². The summed E-state index contributed by atoms with van der Waals surface area (Å²) in [4.78, 5) is 38.5. The predicted molar refractivity (Wildman–Crippen MR) is 124 cm³/mol. The number of hydrogen-bond acceptors (Lipinski definition) is 5. The topological polar surface area (TPSA) is 75.7 Å². The Balaban J connectivity index is 1.29. The molecule has 1 heterocycles. The van der Waals surface area contributed by atoms with Crippen molar-refractivity contribution in [3.63, 3.8) is 0 Å². The van der Waals surface area contributed by atoms with Crippen molar-refractivity contribution in [3.05, 3.63) is 101 Å². The monoisotopic (exact) mass is 462 g/mol. The van der Waals surface area contributed by atoms with Crippen LogP contribution in [0, 0.1) is 5.82 Å². The van der Waals surface area contributed by atoms with Gasteiger partial charge in [-0.05, 0) is 71.9 Å². The van der Waals surface area contributed by atoms with Crippen LogP contribution >= 0.6 is 11.8 Å². The second-order valence-electron chi connectivity index (χ2n) is 7.08. The molecule has 4 rings (SSSR count). The number of carbonyl (C=O) groups excluding carboxylic acids is 3. The van der Waals surface area contributed by atoms with E-state index in [1.807, 2.05) is 30.3 Å². The zero-order valence-electron chi connectivity index (χ0n) is 17.4. The highest BCUT2D eigenvalue weighted by Gasteiger charge is 2.34. The molecule has 6 nitrogen and oxygen atoms in total. The summed E-state index contributed by atoms with van der Waals surface area (Å²) < 4.78 is 18.7. The standard InChI is InChI=1S/C25H19FN2O4S/c26-19-10-6-17(7-11-19)16-22-24(30)28(25(31)33-22)15-14-27-23(29)18-8-12-21(13-9-18)32-20-4-2-1-3-5-20/h1-13,16H,14-15H2,(H,27,29). The highest BCUT2D eigenvalue weighted by Crippen LogP contribution is 2.32. The summed E-state index contributed by atoms with van der Waals surface area (Å²) in [6.07, 6.45) is 1.54. The van der Waals surface area contributed by atoms with Gasteiger partial charge in [-0.3, -0.25) is 19.3 Å². The molecule has 8 heteroatoms. The number of amides is 3. The summed E-state index contributed by atoms with van der Waals surface area (Å²) >= 11 is 0.816. The number of ether oxygens (including phenoxy) is 1. The molecule has 166 valence electrons. The van der Waals surface area contributed by atoms with Crippen molar-refractivity contribution < 1.29 is 23.5 Å². The first-order valence-corrected chi connectivity index (χ1v) is 10.9. The average molecular weight is 463 g/mol. The summed E-state index contributed by atoms with van der Waals surface area (Å²) in [5, 5.41) is 2.30. The van der Waals surface area contributed by atoms with Crippen molar-refractivity contribution in [1.82, 2.24) is 10.2 Å². The maximum absolute atomic E-state index is 13.0. The highest BCUT2D eigenvalue weighted by atomic mass is 32.2. The molecular weight excluding hydrogens is 443 g/mol. The summed E-state index contributed by atoms with van der Waals surface area (Å²) in [6, 6.07) is 21.6. The van der Waals surface area contributed by atoms with E-state index in [1.165, 1.54) is 24.3 Å². The Bertz CT molecular complexity index is 1200. The Morgan fingerprint density at radius 2 is 1.61 bits per heavy atom. The summed E-state index contributed by atoms with van der Waals surface area (Å²) in [6.45, 7) is 0.162. The third kappa shape index (κ3) is 5.67. The van der Waals surface area contributed by atoms with Crippen LogP contribution in [0.5, 0.6) is 11.5 Å². The first-order chi connectivity index (χ1) is 16.0. The van der Waals surface area contributed by atoms with Gasteiger partial charge in [0, 0.05) is 18.7 Å². The fourth-order valence-corrected chi connectivity index (χ4v) is 3.95. The molecule has 3 aromatic rings. The largest absolute Gasteiger partial charge is 0.457 e. The fourth-order valence-electron chi connectivity index (χ4n) is 3.09. The van der Waals surface area contributed by atoms with Crippen LogP contribution in [0.4, 0.5) is 9.18 Å². The van der Waals surface area contributed by atoms with Crippen LogP contribution < -0.4 is 10.1 Å². The maximum Gasteiger partial charge on any atom is 0.293 e. The lowest BCUT2D eigenvalue weighted by Gasteiger charge is -2.13. The van der Waals surface area contributed by atoms with Gasteiger partial charge in [0.25, 0.3) is 17.1 Å². The Kier molecular flexibility index (Phi) is 6.85.